The topological polar surface area (TPSA) is 12.9 Å². The average molecular weight is 325 g/mol. The van der Waals surface area contributed by atoms with Gasteiger partial charge in [0.25, 0.3) is 0 Å². The molecule has 1 aromatic rings. The van der Waals surface area contributed by atoms with Crippen LogP contribution in [0, 0.1) is 0 Å². The average Bonchev–Trinajstić information content (AvgIpc) is 2.03. The molecule has 0 aromatic carbocycles. The molecule has 0 bridgehead atoms. The first-order valence-corrected chi connectivity index (χ1v) is 5.75. The van der Waals surface area contributed by atoms with Gasteiger partial charge < -0.3 is 0 Å². The first-order valence-electron chi connectivity index (χ1n) is 3.72. The molecule has 0 spiro atoms. The Morgan fingerprint density at radius 1 is 1.38 bits per heavy atom. The Morgan fingerprint density at radius 2 is 1.92 bits per heavy atom. The highest BCUT2D eigenvalue weighted by Gasteiger charge is 2.01. The molecule has 0 fully saturated rings. The van der Waals surface area contributed by atoms with Crippen LogP contribution >= 0.6 is 43.5 Å². The maximum absolute atomic E-state index is 5.80. The van der Waals surface area contributed by atoms with E-state index in [9.17, 15) is 0 Å². The molecule has 13 heavy (non-hydrogen) atoms. The number of pyridine rings is 1. The molecule has 1 nitrogen and oxygen atoms in total. The molecular weight excluding hydrogens is 317 g/mol. The highest BCUT2D eigenvalue weighted by atomic mass is 79.9. The van der Waals surface area contributed by atoms with Gasteiger partial charge in [0.05, 0.1) is 0 Å². The molecule has 0 amide bonds. The van der Waals surface area contributed by atoms with Crippen molar-refractivity contribution in [2.24, 2.45) is 0 Å². The van der Waals surface area contributed by atoms with Crippen molar-refractivity contribution in [3.05, 3.63) is 33.0 Å². The second-order valence-electron chi connectivity index (χ2n) is 2.55. The van der Waals surface area contributed by atoms with Gasteiger partial charge in [0.1, 0.15) is 0 Å². The SMILES string of the molecule is CC(Cl)/C=C/c1c(Br)cncc1Br. The third-order valence-corrected chi connectivity index (χ3v) is 2.83. The lowest BCUT2D eigenvalue weighted by Gasteiger charge is -2.00. The van der Waals surface area contributed by atoms with E-state index in [-0.39, 0.29) is 5.38 Å². The molecule has 0 N–H and O–H groups in total. The van der Waals surface area contributed by atoms with Gasteiger partial charge in [-0.25, -0.2) is 0 Å². The van der Waals surface area contributed by atoms with Crippen LogP contribution in [0.1, 0.15) is 12.5 Å². The molecular formula is C9H8Br2ClN. The van der Waals surface area contributed by atoms with Gasteiger partial charge in [0.2, 0.25) is 0 Å². The molecule has 1 atom stereocenters. The van der Waals surface area contributed by atoms with Crippen molar-refractivity contribution in [3.63, 3.8) is 0 Å². The van der Waals surface area contributed by atoms with Crippen molar-refractivity contribution in [2.75, 3.05) is 0 Å². The van der Waals surface area contributed by atoms with E-state index in [1.807, 2.05) is 19.1 Å². The minimum absolute atomic E-state index is 0.0342. The van der Waals surface area contributed by atoms with Crippen molar-refractivity contribution in [1.29, 1.82) is 0 Å². The third kappa shape index (κ3) is 3.41. The Labute approximate surface area is 99.5 Å². The Hall–Kier alpha value is 0.140. The largest absolute Gasteiger partial charge is 0.262 e. The monoisotopic (exact) mass is 323 g/mol. The molecule has 1 aromatic heterocycles. The quantitative estimate of drug-likeness (QED) is 0.741. The predicted molar refractivity (Wildman–Crippen MR) is 64.0 cm³/mol. The van der Waals surface area contributed by atoms with E-state index < -0.39 is 0 Å². The number of rotatable bonds is 2. The number of hydrogen-bond donors (Lipinski definition) is 0. The summed E-state index contributed by atoms with van der Waals surface area (Å²) < 4.78 is 1.91. The van der Waals surface area contributed by atoms with Gasteiger partial charge in [-0.15, -0.1) is 11.6 Å². The zero-order valence-corrected chi connectivity index (χ0v) is 10.9. The maximum atomic E-state index is 5.80. The fraction of sp³-hybridized carbons (Fsp3) is 0.222. The van der Waals surface area contributed by atoms with E-state index in [1.54, 1.807) is 12.4 Å². The summed E-state index contributed by atoms with van der Waals surface area (Å²) in [6, 6.07) is 0. The summed E-state index contributed by atoms with van der Waals surface area (Å²) in [6.07, 6.45) is 7.40. The number of allylic oxidation sites excluding steroid dienone is 1. The molecule has 1 heterocycles. The first-order chi connectivity index (χ1) is 6.11. The van der Waals surface area contributed by atoms with E-state index in [4.69, 9.17) is 11.6 Å². The molecule has 1 rings (SSSR count). The van der Waals surface area contributed by atoms with Gasteiger partial charge in [-0.2, -0.15) is 0 Å². The highest BCUT2D eigenvalue weighted by Crippen LogP contribution is 2.25. The summed E-state index contributed by atoms with van der Waals surface area (Å²) in [5.74, 6) is 0. The van der Waals surface area contributed by atoms with Crippen LogP contribution in [0.3, 0.4) is 0 Å². The van der Waals surface area contributed by atoms with Crippen molar-refractivity contribution in [3.8, 4) is 0 Å². The van der Waals surface area contributed by atoms with E-state index >= 15 is 0 Å². The van der Waals surface area contributed by atoms with Crippen molar-refractivity contribution < 1.29 is 0 Å². The van der Waals surface area contributed by atoms with Crippen LogP contribution in [0.15, 0.2) is 27.4 Å². The summed E-state index contributed by atoms with van der Waals surface area (Å²) in [6.45, 7) is 1.92. The Morgan fingerprint density at radius 3 is 2.38 bits per heavy atom. The highest BCUT2D eigenvalue weighted by molar-refractivity contribution is 9.11. The minimum atomic E-state index is 0.0342. The summed E-state index contributed by atoms with van der Waals surface area (Å²) in [4.78, 5) is 4.01. The summed E-state index contributed by atoms with van der Waals surface area (Å²) >= 11 is 12.6. The first kappa shape index (κ1) is 11.2. The number of alkyl halides is 1. The van der Waals surface area contributed by atoms with E-state index in [0.717, 1.165) is 14.5 Å². The second-order valence-corrected chi connectivity index (χ2v) is 4.95. The van der Waals surface area contributed by atoms with Crippen LogP contribution in [-0.2, 0) is 0 Å². The zero-order valence-electron chi connectivity index (χ0n) is 6.97. The number of hydrogen-bond acceptors (Lipinski definition) is 1. The Kier molecular flexibility index (Phi) is 4.42. The van der Waals surface area contributed by atoms with E-state index in [1.165, 1.54) is 0 Å². The molecule has 0 aliphatic heterocycles. The van der Waals surface area contributed by atoms with Crippen LogP contribution in [0.5, 0.6) is 0 Å². The van der Waals surface area contributed by atoms with Crippen LogP contribution in [0.2, 0.25) is 0 Å². The van der Waals surface area contributed by atoms with Gasteiger partial charge in [-0.1, -0.05) is 12.2 Å². The van der Waals surface area contributed by atoms with Gasteiger partial charge in [0.15, 0.2) is 0 Å². The third-order valence-electron chi connectivity index (χ3n) is 1.42. The fourth-order valence-electron chi connectivity index (χ4n) is 0.809. The molecule has 1 unspecified atom stereocenters. The lowest BCUT2D eigenvalue weighted by atomic mass is 10.2. The summed E-state index contributed by atoms with van der Waals surface area (Å²) in [5, 5.41) is 0.0342. The number of nitrogens with zero attached hydrogens (tertiary/aromatic N) is 1. The van der Waals surface area contributed by atoms with Gasteiger partial charge >= 0.3 is 0 Å². The van der Waals surface area contributed by atoms with Crippen LogP contribution in [-0.4, -0.2) is 10.4 Å². The Bertz CT molecular complexity index is 303. The molecule has 0 saturated carbocycles. The van der Waals surface area contributed by atoms with Gasteiger partial charge in [0, 0.05) is 32.3 Å². The molecule has 4 heteroatoms. The van der Waals surface area contributed by atoms with Crippen molar-refractivity contribution >= 4 is 49.5 Å². The summed E-state index contributed by atoms with van der Waals surface area (Å²) in [7, 11) is 0. The van der Waals surface area contributed by atoms with E-state index in [2.05, 4.69) is 36.8 Å². The maximum Gasteiger partial charge on any atom is 0.0491 e. The van der Waals surface area contributed by atoms with Crippen molar-refractivity contribution in [2.45, 2.75) is 12.3 Å². The standard InChI is InChI=1S/C9H8Br2ClN/c1-6(12)2-3-7-8(10)4-13-5-9(7)11/h2-6H,1H3/b3-2+. The molecule has 0 radical (unpaired) electrons. The second kappa shape index (κ2) is 5.13. The van der Waals surface area contributed by atoms with E-state index in [0.29, 0.717) is 0 Å². The van der Waals surface area contributed by atoms with Crippen LogP contribution in [0.4, 0.5) is 0 Å². The smallest absolute Gasteiger partial charge is 0.0491 e. The molecule has 0 aliphatic carbocycles. The zero-order chi connectivity index (χ0) is 9.84. The lowest BCUT2D eigenvalue weighted by molar-refractivity contribution is 1.23. The van der Waals surface area contributed by atoms with Crippen LogP contribution in [0.25, 0.3) is 6.08 Å². The van der Waals surface area contributed by atoms with Crippen molar-refractivity contribution in [1.82, 2.24) is 4.98 Å². The molecule has 0 saturated heterocycles. The summed E-state index contributed by atoms with van der Waals surface area (Å²) in [5.41, 5.74) is 1.06. The molecule has 70 valence electrons. The predicted octanol–water partition coefficient (Wildman–Crippen LogP) is 4.25. The van der Waals surface area contributed by atoms with Gasteiger partial charge in [-0.3, -0.25) is 4.98 Å². The molecule has 0 aliphatic rings. The van der Waals surface area contributed by atoms with Crippen LogP contribution < -0.4 is 0 Å². The normalized spacial score (nSPS) is 13.5. The van der Waals surface area contributed by atoms with Gasteiger partial charge in [-0.05, 0) is 38.8 Å². The number of aromatic nitrogens is 1. The minimum Gasteiger partial charge on any atom is -0.262 e. The lowest BCUT2D eigenvalue weighted by Crippen LogP contribution is -1.84. The fourth-order valence-corrected chi connectivity index (χ4v) is 2.08. The Balaban J connectivity index is 3.00. The number of halogens is 3.